The number of hydrogen-bond donors (Lipinski definition) is 1. The minimum absolute atomic E-state index is 0.0258. The number of rotatable bonds is 5. The first kappa shape index (κ1) is 16.5. The average molecular weight is 353 g/mol. The van der Waals surface area contributed by atoms with Crippen molar-refractivity contribution >= 4 is 21.8 Å². The predicted octanol–water partition coefficient (Wildman–Crippen LogP) is 3.61. The summed E-state index contributed by atoms with van der Waals surface area (Å²) in [5.74, 6) is 0.902. The highest BCUT2D eigenvalue weighted by molar-refractivity contribution is 9.10. The lowest BCUT2D eigenvalue weighted by atomic mass is 9.99. The third kappa shape index (κ3) is 5.11. The maximum absolute atomic E-state index is 12.1. The molecule has 0 saturated carbocycles. The maximum Gasteiger partial charge on any atom is 0.251 e. The molecule has 1 aliphatic rings. The summed E-state index contributed by atoms with van der Waals surface area (Å²) in [7, 11) is 0. The molecule has 2 rings (SSSR count). The van der Waals surface area contributed by atoms with Crippen LogP contribution in [0.4, 0.5) is 0 Å². The van der Waals surface area contributed by atoms with Crippen LogP contribution < -0.4 is 5.32 Å². The van der Waals surface area contributed by atoms with E-state index >= 15 is 0 Å². The molecule has 0 unspecified atom stereocenters. The average Bonchev–Trinajstić information content (AvgIpc) is 2.48. The second kappa shape index (κ2) is 7.95. The number of carbonyl (C=O) groups excluding carboxylic acids is 1. The van der Waals surface area contributed by atoms with Crippen LogP contribution in [0, 0.1) is 12.8 Å². The summed E-state index contributed by atoms with van der Waals surface area (Å²) in [4.78, 5) is 14.6. The normalized spacial score (nSPS) is 16.9. The van der Waals surface area contributed by atoms with Crippen LogP contribution in [0.5, 0.6) is 0 Å². The van der Waals surface area contributed by atoms with Crippen LogP contribution in [0.2, 0.25) is 0 Å². The van der Waals surface area contributed by atoms with Gasteiger partial charge in [0.2, 0.25) is 0 Å². The van der Waals surface area contributed by atoms with Crippen molar-refractivity contribution in [3.8, 4) is 0 Å². The zero-order chi connectivity index (χ0) is 15.2. The van der Waals surface area contributed by atoms with E-state index in [4.69, 9.17) is 0 Å². The van der Waals surface area contributed by atoms with Gasteiger partial charge < -0.3 is 10.2 Å². The number of hydrogen-bond acceptors (Lipinski definition) is 2. The molecule has 0 aliphatic carbocycles. The smallest absolute Gasteiger partial charge is 0.251 e. The van der Waals surface area contributed by atoms with Crippen LogP contribution in [0.1, 0.15) is 42.1 Å². The molecule has 0 aromatic heterocycles. The number of amides is 1. The molecule has 0 atom stereocenters. The quantitative estimate of drug-likeness (QED) is 0.821. The van der Waals surface area contributed by atoms with Gasteiger partial charge in [0.25, 0.3) is 5.91 Å². The Morgan fingerprint density at radius 1 is 1.38 bits per heavy atom. The van der Waals surface area contributed by atoms with Crippen LogP contribution in [0.15, 0.2) is 22.7 Å². The molecule has 3 nitrogen and oxygen atoms in total. The summed E-state index contributed by atoms with van der Waals surface area (Å²) < 4.78 is 1.04. The number of carbonyl (C=O) groups is 1. The lowest BCUT2D eigenvalue weighted by Crippen LogP contribution is -2.35. The van der Waals surface area contributed by atoms with Crippen molar-refractivity contribution in [2.24, 2.45) is 5.92 Å². The van der Waals surface area contributed by atoms with Crippen LogP contribution in [0.3, 0.4) is 0 Å². The lowest BCUT2D eigenvalue weighted by molar-refractivity contribution is 0.0950. The fourth-order valence-electron chi connectivity index (χ4n) is 2.68. The van der Waals surface area contributed by atoms with Gasteiger partial charge in [0.05, 0.1) is 0 Å². The molecule has 21 heavy (non-hydrogen) atoms. The summed E-state index contributed by atoms with van der Waals surface area (Å²) >= 11 is 3.45. The fraction of sp³-hybridized carbons (Fsp3) is 0.588. The highest BCUT2D eigenvalue weighted by atomic mass is 79.9. The molecule has 1 fully saturated rings. The van der Waals surface area contributed by atoms with Gasteiger partial charge in [-0.2, -0.15) is 0 Å². The summed E-state index contributed by atoms with van der Waals surface area (Å²) in [6.45, 7) is 8.59. The number of nitrogens with one attached hydrogen (secondary N) is 1. The van der Waals surface area contributed by atoms with Crippen molar-refractivity contribution in [3.05, 3.63) is 33.8 Å². The van der Waals surface area contributed by atoms with Gasteiger partial charge in [0, 0.05) is 16.6 Å². The molecule has 0 bridgehead atoms. The van der Waals surface area contributed by atoms with Gasteiger partial charge in [-0.25, -0.2) is 0 Å². The highest BCUT2D eigenvalue weighted by Crippen LogP contribution is 2.17. The number of aryl methyl sites for hydroxylation is 1. The molecule has 0 spiro atoms. The zero-order valence-corrected chi connectivity index (χ0v) is 14.6. The summed E-state index contributed by atoms with van der Waals surface area (Å²) in [5, 5.41) is 3.01. The Bertz CT molecular complexity index is 482. The third-order valence-corrected chi connectivity index (χ3v) is 5.12. The number of likely N-dealkylation sites (tertiary alicyclic amines) is 1. The minimum Gasteiger partial charge on any atom is -0.352 e. The Kier molecular flexibility index (Phi) is 6.24. The lowest BCUT2D eigenvalue weighted by Gasteiger charge is -2.30. The van der Waals surface area contributed by atoms with Crippen molar-refractivity contribution < 1.29 is 4.79 Å². The van der Waals surface area contributed by atoms with Gasteiger partial charge in [-0.1, -0.05) is 22.9 Å². The van der Waals surface area contributed by atoms with Crippen molar-refractivity contribution in [3.63, 3.8) is 0 Å². The highest BCUT2D eigenvalue weighted by Gasteiger charge is 2.15. The molecule has 1 saturated heterocycles. The van der Waals surface area contributed by atoms with E-state index in [1.54, 1.807) is 0 Å². The van der Waals surface area contributed by atoms with Crippen molar-refractivity contribution in [1.82, 2.24) is 10.2 Å². The Morgan fingerprint density at radius 2 is 2.10 bits per heavy atom. The molecule has 1 heterocycles. The fourth-order valence-corrected chi connectivity index (χ4v) is 2.92. The largest absolute Gasteiger partial charge is 0.352 e. The maximum atomic E-state index is 12.1. The van der Waals surface area contributed by atoms with Crippen molar-refractivity contribution in [1.29, 1.82) is 0 Å². The molecule has 1 aliphatic heterocycles. The second-order valence-electron chi connectivity index (χ2n) is 6.10. The Labute approximate surface area is 136 Å². The van der Waals surface area contributed by atoms with Crippen LogP contribution in [-0.2, 0) is 0 Å². The van der Waals surface area contributed by atoms with Crippen molar-refractivity contribution in [2.75, 3.05) is 26.2 Å². The first-order valence-electron chi connectivity index (χ1n) is 7.83. The first-order valence-corrected chi connectivity index (χ1v) is 8.62. The Balaban J connectivity index is 1.68. The Morgan fingerprint density at radius 3 is 2.76 bits per heavy atom. The number of nitrogens with zero attached hydrogens (tertiary/aromatic N) is 1. The second-order valence-corrected chi connectivity index (χ2v) is 6.95. The molecular weight excluding hydrogens is 328 g/mol. The van der Waals surface area contributed by atoms with E-state index in [1.165, 1.54) is 25.9 Å². The molecule has 1 aromatic carbocycles. The molecule has 4 heteroatoms. The van der Waals surface area contributed by atoms with Gasteiger partial charge in [0.1, 0.15) is 0 Å². The van der Waals surface area contributed by atoms with E-state index in [9.17, 15) is 4.79 Å². The summed E-state index contributed by atoms with van der Waals surface area (Å²) in [6, 6.07) is 5.71. The molecule has 0 radical (unpaired) electrons. The predicted molar refractivity (Wildman–Crippen MR) is 90.7 cm³/mol. The zero-order valence-electron chi connectivity index (χ0n) is 13.0. The third-order valence-electron chi connectivity index (χ3n) is 4.23. The molecule has 1 aromatic rings. The van der Waals surface area contributed by atoms with Gasteiger partial charge in [-0.3, -0.25) is 4.79 Å². The van der Waals surface area contributed by atoms with Gasteiger partial charge in [-0.15, -0.1) is 0 Å². The molecular formula is C17H25BrN2O. The standard InChI is InChI=1S/C17H25BrN2O/c1-13-6-10-20(11-7-13)9-3-8-19-17(21)15-4-5-16(18)14(2)12-15/h4-5,12-13H,3,6-11H2,1-2H3,(H,19,21). The van der Waals surface area contributed by atoms with Crippen LogP contribution in [0.25, 0.3) is 0 Å². The number of halogens is 1. The first-order chi connectivity index (χ1) is 10.1. The Hall–Kier alpha value is -0.870. The number of benzene rings is 1. The van der Waals surface area contributed by atoms with Crippen LogP contribution in [-0.4, -0.2) is 37.0 Å². The summed E-state index contributed by atoms with van der Waals surface area (Å²) in [6.07, 6.45) is 3.64. The van der Waals surface area contributed by atoms with Crippen LogP contribution >= 0.6 is 15.9 Å². The van der Waals surface area contributed by atoms with E-state index in [1.807, 2.05) is 25.1 Å². The monoisotopic (exact) mass is 352 g/mol. The molecule has 116 valence electrons. The summed E-state index contributed by atoms with van der Waals surface area (Å²) in [5.41, 5.74) is 1.83. The van der Waals surface area contributed by atoms with Gasteiger partial charge >= 0.3 is 0 Å². The van der Waals surface area contributed by atoms with E-state index in [2.05, 4.69) is 33.1 Å². The van der Waals surface area contributed by atoms with Gasteiger partial charge in [-0.05, 0) is 75.5 Å². The van der Waals surface area contributed by atoms with Crippen molar-refractivity contribution in [2.45, 2.75) is 33.1 Å². The van der Waals surface area contributed by atoms with E-state index in [0.717, 1.165) is 41.0 Å². The van der Waals surface area contributed by atoms with E-state index in [0.29, 0.717) is 0 Å². The SMILES string of the molecule is Cc1cc(C(=O)NCCCN2CCC(C)CC2)ccc1Br. The molecule has 1 amide bonds. The number of piperidine rings is 1. The van der Waals surface area contributed by atoms with E-state index in [-0.39, 0.29) is 5.91 Å². The van der Waals surface area contributed by atoms with E-state index < -0.39 is 0 Å². The van der Waals surface area contributed by atoms with Gasteiger partial charge in [0.15, 0.2) is 0 Å². The topological polar surface area (TPSA) is 32.3 Å². The minimum atomic E-state index is 0.0258. The molecule has 1 N–H and O–H groups in total.